The number of ether oxygens (including phenoxy) is 1. The molecule has 0 radical (unpaired) electrons. The molecule has 18 heavy (non-hydrogen) atoms. The highest BCUT2D eigenvalue weighted by Gasteiger charge is 2.08. The third-order valence-electron chi connectivity index (χ3n) is 2.85. The number of aromatic nitrogens is 3. The molecule has 0 spiro atoms. The van der Waals surface area contributed by atoms with Crippen LogP contribution < -0.4 is 5.32 Å². The summed E-state index contributed by atoms with van der Waals surface area (Å²) in [6.07, 6.45) is 1.84. The molecule has 0 fully saturated rings. The molecule has 0 unspecified atom stereocenters. The number of fused-ring (bicyclic) bond motifs is 1. The summed E-state index contributed by atoms with van der Waals surface area (Å²) in [5.74, 6) is 0. The highest BCUT2D eigenvalue weighted by Crippen LogP contribution is 2.19. The fraction of sp³-hybridized carbons (Fsp3) is 0.538. The molecule has 5 heteroatoms. The van der Waals surface area contributed by atoms with E-state index in [-0.39, 0.29) is 6.04 Å². The first-order chi connectivity index (χ1) is 8.61. The maximum Gasteiger partial charge on any atom is 0.157 e. The maximum absolute atomic E-state index is 5.38. The Morgan fingerprint density at radius 2 is 2.28 bits per heavy atom. The molecule has 0 aliphatic rings. The van der Waals surface area contributed by atoms with Crippen molar-refractivity contribution in [1.82, 2.24) is 14.8 Å². The van der Waals surface area contributed by atoms with Gasteiger partial charge in [0.05, 0.1) is 24.2 Å². The van der Waals surface area contributed by atoms with Crippen LogP contribution in [-0.2, 0) is 11.8 Å². The van der Waals surface area contributed by atoms with Gasteiger partial charge in [0.1, 0.15) is 0 Å². The first-order valence-corrected chi connectivity index (χ1v) is 6.25. The number of nitrogens with zero attached hydrogens (tertiary/aromatic N) is 3. The molecule has 0 amide bonds. The largest absolute Gasteiger partial charge is 0.380 e. The van der Waals surface area contributed by atoms with Crippen LogP contribution >= 0.6 is 0 Å². The lowest BCUT2D eigenvalue weighted by Crippen LogP contribution is -2.21. The monoisotopic (exact) mass is 248 g/mol. The molecule has 0 aromatic carbocycles. The van der Waals surface area contributed by atoms with E-state index >= 15 is 0 Å². The molecule has 0 aliphatic carbocycles. The van der Waals surface area contributed by atoms with Gasteiger partial charge >= 0.3 is 0 Å². The maximum atomic E-state index is 5.38. The van der Waals surface area contributed by atoms with Crippen LogP contribution in [0.15, 0.2) is 12.3 Å². The Labute approximate surface area is 107 Å². The number of nitrogens with one attached hydrogen (secondary N) is 1. The van der Waals surface area contributed by atoms with E-state index in [0.29, 0.717) is 6.61 Å². The lowest BCUT2D eigenvalue weighted by Gasteiger charge is -2.14. The molecule has 98 valence electrons. The Morgan fingerprint density at radius 3 is 3.00 bits per heavy atom. The zero-order chi connectivity index (χ0) is 13.1. The van der Waals surface area contributed by atoms with Crippen molar-refractivity contribution in [3.05, 3.63) is 18.0 Å². The molecule has 2 heterocycles. The number of hydrogen-bond donors (Lipinski definition) is 1. The lowest BCUT2D eigenvalue weighted by atomic mass is 10.2. The van der Waals surface area contributed by atoms with Crippen LogP contribution in [0.1, 0.15) is 19.5 Å². The summed E-state index contributed by atoms with van der Waals surface area (Å²) in [5, 5.41) is 8.83. The van der Waals surface area contributed by atoms with E-state index in [0.717, 1.165) is 29.0 Å². The zero-order valence-electron chi connectivity index (χ0n) is 11.4. The van der Waals surface area contributed by atoms with E-state index in [1.165, 1.54) is 0 Å². The van der Waals surface area contributed by atoms with Gasteiger partial charge in [-0.1, -0.05) is 0 Å². The predicted octanol–water partition coefficient (Wildman–Crippen LogP) is 2.11. The predicted molar refractivity (Wildman–Crippen MR) is 72.8 cm³/mol. The van der Waals surface area contributed by atoms with Gasteiger partial charge in [-0.15, -0.1) is 0 Å². The normalized spacial score (nSPS) is 12.9. The molecule has 0 saturated heterocycles. The summed E-state index contributed by atoms with van der Waals surface area (Å²) < 4.78 is 7.19. The minimum absolute atomic E-state index is 0.265. The molecular weight excluding hydrogens is 228 g/mol. The second-order valence-electron chi connectivity index (χ2n) is 4.51. The van der Waals surface area contributed by atoms with Crippen LogP contribution in [0.25, 0.3) is 11.0 Å². The van der Waals surface area contributed by atoms with E-state index in [1.807, 2.05) is 27.1 Å². The molecule has 5 nitrogen and oxygen atoms in total. The first kappa shape index (κ1) is 12.8. The molecule has 1 atom stereocenters. The lowest BCUT2D eigenvalue weighted by molar-refractivity contribution is 0.141. The molecule has 2 aromatic rings. The van der Waals surface area contributed by atoms with Crippen LogP contribution in [0.4, 0.5) is 5.69 Å². The number of rotatable bonds is 5. The van der Waals surface area contributed by atoms with Crippen LogP contribution in [0.2, 0.25) is 0 Å². The molecule has 0 bridgehead atoms. The summed E-state index contributed by atoms with van der Waals surface area (Å²) >= 11 is 0. The fourth-order valence-electron chi connectivity index (χ4n) is 2.01. The molecule has 0 saturated carbocycles. The van der Waals surface area contributed by atoms with E-state index in [4.69, 9.17) is 4.74 Å². The van der Waals surface area contributed by atoms with Gasteiger partial charge in [-0.25, -0.2) is 4.98 Å². The quantitative estimate of drug-likeness (QED) is 0.880. The van der Waals surface area contributed by atoms with Gasteiger partial charge in [0, 0.05) is 25.1 Å². The van der Waals surface area contributed by atoms with Crippen molar-refractivity contribution in [2.75, 3.05) is 18.5 Å². The molecule has 0 aliphatic heterocycles. The van der Waals surface area contributed by atoms with E-state index in [9.17, 15) is 0 Å². The minimum Gasteiger partial charge on any atom is -0.380 e. The number of pyridine rings is 1. The van der Waals surface area contributed by atoms with Gasteiger partial charge in [-0.2, -0.15) is 5.10 Å². The smallest absolute Gasteiger partial charge is 0.157 e. The summed E-state index contributed by atoms with van der Waals surface area (Å²) in [6.45, 7) is 7.53. The van der Waals surface area contributed by atoms with Gasteiger partial charge in [-0.05, 0) is 26.8 Å². The average molecular weight is 248 g/mol. The molecule has 2 aromatic heterocycles. The second kappa shape index (κ2) is 5.35. The van der Waals surface area contributed by atoms with Crippen molar-refractivity contribution in [1.29, 1.82) is 0 Å². The third-order valence-corrected chi connectivity index (χ3v) is 2.85. The van der Waals surface area contributed by atoms with Gasteiger partial charge in [0.15, 0.2) is 5.65 Å². The minimum atomic E-state index is 0.265. The fourth-order valence-corrected chi connectivity index (χ4v) is 2.01. The average Bonchev–Trinajstić information content (AvgIpc) is 2.62. The number of aryl methyl sites for hydroxylation is 2. The van der Waals surface area contributed by atoms with Crippen molar-refractivity contribution in [2.45, 2.75) is 26.8 Å². The van der Waals surface area contributed by atoms with E-state index < -0.39 is 0 Å². The van der Waals surface area contributed by atoms with Crippen molar-refractivity contribution in [2.24, 2.45) is 7.05 Å². The van der Waals surface area contributed by atoms with Crippen LogP contribution in [0, 0.1) is 6.92 Å². The summed E-state index contributed by atoms with van der Waals surface area (Å²) in [5.41, 5.74) is 2.92. The van der Waals surface area contributed by atoms with Crippen molar-refractivity contribution >= 4 is 16.7 Å². The number of hydrogen-bond acceptors (Lipinski definition) is 4. The number of anilines is 1. The van der Waals surface area contributed by atoms with Crippen LogP contribution in [0.3, 0.4) is 0 Å². The van der Waals surface area contributed by atoms with Crippen LogP contribution in [-0.4, -0.2) is 34.0 Å². The summed E-state index contributed by atoms with van der Waals surface area (Å²) in [4.78, 5) is 4.43. The second-order valence-corrected chi connectivity index (χ2v) is 4.51. The van der Waals surface area contributed by atoms with Crippen LogP contribution in [0.5, 0.6) is 0 Å². The molecular formula is C13H20N4O. The Kier molecular flexibility index (Phi) is 3.81. The van der Waals surface area contributed by atoms with Crippen molar-refractivity contribution < 1.29 is 4.74 Å². The first-order valence-electron chi connectivity index (χ1n) is 6.25. The van der Waals surface area contributed by atoms with Crippen molar-refractivity contribution in [3.8, 4) is 0 Å². The highest BCUT2D eigenvalue weighted by atomic mass is 16.5. The zero-order valence-corrected chi connectivity index (χ0v) is 11.4. The standard InChI is InChI=1S/C13H20N4O/c1-5-18-8-9(2)15-11-6-12-10(3)16-17(4)13(12)14-7-11/h6-7,9,15H,5,8H2,1-4H3/t9-/m1/s1. The Morgan fingerprint density at radius 1 is 1.50 bits per heavy atom. The topological polar surface area (TPSA) is 52.0 Å². The Hall–Kier alpha value is -1.62. The highest BCUT2D eigenvalue weighted by molar-refractivity contribution is 5.81. The Balaban J connectivity index is 2.17. The SMILES string of the molecule is CCOC[C@@H](C)Nc1cnc2c(c1)c(C)nn2C. The van der Waals surface area contributed by atoms with Crippen molar-refractivity contribution in [3.63, 3.8) is 0 Å². The molecule has 2 rings (SSSR count). The van der Waals surface area contributed by atoms with Gasteiger partial charge < -0.3 is 10.1 Å². The van der Waals surface area contributed by atoms with E-state index in [2.05, 4.69) is 28.4 Å². The Bertz CT molecular complexity index is 535. The third kappa shape index (κ3) is 2.61. The summed E-state index contributed by atoms with van der Waals surface area (Å²) in [7, 11) is 1.91. The molecule has 1 N–H and O–H groups in total. The van der Waals surface area contributed by atoms with E-state index in [1.54, 1.807) is 4.68 Å². The van der Waals surface area contributed by atoms with Gasteiger partial charge in [0.25, 0.3) is 0 Å². The van der Waals surface area contributed by atoms with Gasteiger partial charge in [-0.3, -0.25) is 4.68 Å². The summed E-state index contributed by atoms with van der Waals surface area (Å²) in [6, 6.07) is 2.36. The van der Waals surface area contributed by atoms with Gasteiger partial charge in [0.2, 0.25) is 0 Å².